The minimum absolute atomic E-state index is 0.153. The van der Waals surface area contributed by atoms with Crippen molar-refractivity contribution in [3.05, 3.63) is 84.4 Å². The molecular formula is C25H28N2O5S. The van der Waals surface area contributed by atoms with Crippen LogP contribution in [0.3, 0.4) is 0 Å². The van der Waals surface area contributed by atoms with Gasteiger partial charge < -0.3 is 14.8 Å². The van der Waals surface area contributed by atoms with Gasteiger partial charge in [0.1, 0.15) is 12.4 Å². The van der Waals surface area contributed by atoms with Crippen molar-refractivity contribution >= 4 is 27.3 Å². The number of sulfonamides is 1. The van der Waals surface area contributed by atoms with Gasteiger partial charge in [0.25, 0.3) is 15.9 Å². The standard InChI is InChI=1S/C25H28N2O5S/c1-3-27(22-8-6-5-7-9-22)33(29,30)24-16-12-21(13-17-24)26-25(28)20-10-14-23(15-11-20)32-19-18-31-4-2/h5-17H,3-4,18-19H2,1-2H3,(H,26,28). The molecule has 0 saturated heterocycles. The van der Waals surface area contributed by atoms with Crippen molar-refractivity contribution in [1.82, 2.24) is 0 Å². The predicted octanol–water partition coefficient (Wildman–Crippen LogP) is 4.57. The van der Waals surface area contributed by atoms with Crippen LogP contribution in [0.15, 0.2) is 83.8 Å². The second-order valence-corrected chi connectivity index (χ2v) is 8.92. The maximum absolute atomic E-state index is 13.1. The lowest BCUT2D eigenvalue weighted by Gasteiger charge is -2.23. The molecule has 0 spiro atoms. The van der Waals surface area contributed by atoms with Gasteiger partial charge in [-0.15, -0.1) is 0 Å². The number of anilines is 2. The van der Waals surface area contributed by atoms with E-state index in [1.165, 1.54) is 16.4 Å². The summed E-state index contributed by atoms with van der Waals surface area (Å²) >= 11 is 0. The molecule has 7 nitrogen and oxygen atoms in total. The Balaban J connectivity index is 1.64. The summed E-state index contributed by atoms with van der Waals surface area (Å²) < 4.78 is 38.3. The summed E-state index contributed by atoms with van der Waals surface area (Å²) in [7, 11) is -3.72. The first-order chi connectivity index (χ1) is 16.0. The fourth-order valence-electron chi connectivity index (χ4n) is 3.19. The average Bonchev–Trinajstić information content (AvgIpc) is 2.83. The Bertz CT molecular complexity index is 1130. The molecule has 174 valence electrons. The monoisotopic (exact) mass is 468 g/mol. The molecule has 0 unspecified atom stereocenters. The van der Waals surface area contributed by atoms with Crippen LogP contribution >= 0.6 is 0 Å². The SMILES string of the molecule is CCOCCOc1ccc(C(=O)Nc2ccc(S(=O)(=O)N(CC)c3ccccc3)cc2)cc1. The van der Waals surface area contributed by atoms with Gasteiger partial charge in [0.2, 0.25) is 0 Å². The van der Waals surface area contributed by atoms with E-state index in [9.17, 15) is 13.2 Å². The van der Waals surface area contributed by atoms with Crippen molar-refractivity contribution in [2.45, 2.75) is 18.7 Å². The highest BCUT2D eigenvalue weighted by Gasteiger charge is 2.23. The van der Waals surface area contributed by atoms with Gasteiger partial charge in [-0.25, -0.2) is 8.42 Å². The summed E-state index contributed by atoms with van der Waals surface area (Å²) in [6.07, 6.45) is 0. The van der Waals surface area contributed by atoms with E-state index < -0.39 is 10.0 Å². The first-order valence-corrected chi connectivity index (χ1v) is 12.2. The number of ether oxygens (including phenoxy) is 2. The Morgan fingerprint density at radius 2 is 1.55 bits per heavy atom. The number of hydrogen-bond donors (Lipinski definition) is 1. The van der Waals surface area contributed by atoms with Gasteiger partial charge >= 0.3 is 0 Å². The summed E-state index contributed by atoms with van der Waals surface area (Å²) in [4.78, 5) is 12.7. The maximum Gasteiger partial charge on any atom is 0.264 e. The fourth-order valence-corrected chi connectivity index (χ4v) is 4.67. The van der Waals surface area contributed by atoms with Crippen LogP contribution in [0.4, 0.5) is 11.4 Å². The largest absolute Gasteiger partial charge is 0.491 e. The first-order valence-electron chi connectivity index (χ1n) is 10.8. The topological polar surface area (TPSA) is 84.9 Å². The van der Waals surface area contributed by atoms with E-state index in [4.69, 9.17) is 9.47 Å². The molecule has 3 aromatic rings. The molecule has 1 N–H and O–H groups in total. The zero-order valence-electron chi connectivity index (χ0n) is 18.7. The molecule has 0 aliphatic carbocycles. The third-order valence-electron chi connectivity index (χ3n) is 4.85. The second-order valence-electron chi connectivity index (χ2n) is 7.05. The first kappa shape index (κ1) is 24.3. The van der Waals surface area contributed by atoms with Gasteiger partial charge in [-0.05, 0) is 74.5 Å². The van der Waals surface area contributed by atoms with E-state index in [0.29, 0.717) is 49.1 Å². The summed E-state index contributed by atoms with van der Waals surface area (Å²) in [5.74, 6) is 0.352. The van der Waals surface area contributed by atoms with Crippen molar-refractivity contribution in [2.24, 2.45) is 0 Å². The highest BCUT2D eigenvalue weighted by atomic mass is 32.2. The lowest BCUT2D eigenvalue weighted by atomic mass is 10.2. The third-order valence-corrected chi connectivity index (χ3v) is 6.77. The molecule has 3 aromatic carbocycles. The van der Waals surface area contributed by atoms with Gasteiger partial charge in [-0.2, -0.15) is 0 Å². The van der Waals surface area contributed by atoms with Gasteiger partial charge in [0, 0.05) is 24.4 Å². The molecule has 0 radical (unpaired) electrons. The summed E-state index contributed by atoms with van der Waals surface area (Å²) in [5, 5.41) is 2.78. The number of carbonyl (C=O) groups is 1. The number of nitrogens with zero attached hydrogens (tertiary/aromatic N) is 1. The van der Waals surface area contributed by atoms with Crippen molar-refractivity contribution < 1.29 is 22.7 Å². The summed E-state index contributed by atoms with van der Waals surface area (Å²) in [5.41, 5.74) is 1.56. The Hall–Kier alpha value is -3.36. The predicted molar refractivity (Wildman–Crippen MR) is 129 cm³/mol. The molecule has 0 bridgehead atoms. The van der Waals surface area contributed by atoms with Crippen LogP contribution in [0.25, 0.3) is 0 Å². The Morgan fingerprint density at radius 3 is 2.15 bits per heavy atom. The van der Waals surface area contributed by atoms with Crippen LogP contribution in [0.1, 0.15) is 24.2 Å². The fraction of sp³-hybridized carbons (Fsp3) is 0.240. The molecule has 0 aliphatic heterocycles. The van der Waals surface area contributed by atoms with Crippen LogP contribution < -0.4 is 14.4 Å². The molecule has 1 amide bonds. The van der Waals surface area contributed by atoms with E-state index >= 15 is 0 Å². The number of carbonyl (C=O) groups excluding carboxylic acids is 1. The summed E-state index contributed by atoms with van der Waals surface area (Å²) in [6, 6.07) is 21.9. The van der Waals surface area contributed by atoms with Crippen LogP contribution in [-0.4, -0.2) is 40.7 Å². The minimum Gasteiger partial charge on any atom is -0.491 e. The molecule has 0 aliphatic rings. The van der Waals surface area contributed by atoms with Gasteiger partial charge in [0.15, 0.2) is 0 Å². The summed E-state index contributed by atoms with van der Waals surface area (Å²) in [6.45, 7) is 5.59. The number of benzene rings is 3. The zero-order valence-corrected chi connectivity index (χ0v) is 19.5. The Labute approximate surface area is 195 Å². The van der Waals surface area contributed by atoms with E-state index in [2.05, 4.69) is 5.32 Å². The van der Waals surface area contributed by atoms with E-state index in [0.717, 1.165) is 0 Å². The van der Waals surface area contributed by atoms with Crippen LogP contribution in [-0.2, 0) is 14.8 Å². The van der Waals surface area contributed by atoms with E-state index in [1.807, 2.05) is 13.0 Å². The van der Waals surface area contributed by atoms with Gasteiger partial charge in [-0.3, -0.25) is 9.10 Å². The number of amides is 1. The number of nitrogens with one attached hydrogen (secondary N) is 1. The lowest BCUT2D eigenvalue weighted by molar-refractivity contribution is 0.102. The Morgan fingerprint density at radius 1 is 0.879 bits per heavy atom. The number of para-hydroxylation sites is 1. The van der Waals surface area contributed by atoms with Crippen molar-refractivity contribution in [2.75, 3.05) is 36.0 Å². The Kier molecular flexibility index (Phi) is 8.46. The molecule has 33 heavy (non-hydrogen) atoms. The van der Waals surface area contributed by atoms with E-state index in [1.54, 1.807) is 67.6 Å². The average molecular weight is 469 g/mol. The molecule has 8 heteroatoms. The molecule has 3 rings (SSSR count). The van der Waals surface area contributed by atoms with Gasteiger partial charge in [0.05, 0.1) is 17.2 Å². The van der Waals surface area contributed by atoms with Crippen LogP contribution in [0.2, 0.25) is 0 Å². The maximum atomic E-state index is 13.1. The number of hydrogen-bond acceptors (Lipinski definition) is 5. The minimum atomic E-state index is -3.72. The highest BCUT2D eigenvalue weighted by molar-refractivity contribution is 7.92. The molecule has 0 fully saturated rings. The van der Waals surface area contributed by atoms with Crippen LogP contribution in [0.5, 0.6) is 5.75 Å². The molecule has 0 heterocycles. The van der Waals surface area contributed by atoms with Crippen molar-refractivity contribution in [1.29, 1.82) is 0 Å². The zero-order chi connectivity index (χ0) is 23.7. The van der Waals surface area contributed by atoms with E-state index in [-0.39, 0.29) is 10.8 Å². The lowest BCUT2D eigenvalue weighted by Crippen LogP contribution is -2.30. The molecule has 0 aromatic heterocycles. The number of rotatable bonds is 11. The normalized spacial score (nSPS) is 11.1. The third kappa shape index (κ3) is 6.34. The smallest absolute Gasteiger partial charge is 0.264 e. The quantitative estimate of drug-likeness (QED) is 0.417. The van der Waals surface area contributed by atoms with Crippen molar-refractivity contribution in [3.8, 4) is 5.75 Å². The van der Waals surface area contributed by atoms with Gasteiger partial charge in [-0.1, -0.05) is 18.2 Å². The molecule has 0 saturated carbocycles. The van der Waals surface area contributed by atoms with Crippen LogP contribution in [0, 0.1) is 0 Å². The second kappa shape index (κ2) is 11.5. The molecular weight excluding hydrogens is 440 g/mol. The highest BCUT2D eigenvalue weighted by Crippen LogP contribution is 2.24. The molecule has 0 atom stereocenters. The van der Waals surface area contributed by atoms with Crippen molar-refractivity contribution in [3.63, 3.8) is 0 Å².